The highest BCUT2D eigenvalue weighted by molar-refractivity contribution is 6.17. The summed E-state index contributed by atoms with van der Waals surface area (Å²) in [4.78, 5) is 15.2. The molecule has 7 aromatic carbocycles. The van der Waals surface area contributed by atoms with Crippen molar-refractivity contribution in [3.05, 3.63) is 152 Å². The summed E-state index contributed by atoms with van der Waals surface area (Å²) in [6.45, 7) is 0. The molecule has 0 unspecified atom stereocenters. The minimum absolute atomic E-state index is 0.578. The summed E-state index contributed by atoms with van der Waals surface area (Å²) in [6, 6.07) is 51.1. The molecule has 51 heavy (non-hydrogen) atoms. The van der Waals surface area contributed by atoms with Gasteiger partial charge >= 0.3 is 0 Å². The van der Waals surface area contributed by atoms with Crippen LogP contribution in [0.5, 0.6) is 0 Å². The summed E-state index contributed by atoms with van der Waals surface area (Å²) in [5, 5.41) is 6.28. The second-order valence-electron chi connectivity index (χ2n) is 12.8. The fraction of sp³-hybridized carbons (Fsp3) is 0. The lowest BCUT2D eigenvalue weighted by Gasteiger charge is -2.10. The van der Waals surface area contributed by atoms with Crippen molar-refractivity contribution < 1.29 is 13.3 Å². The van der Waals surface area contributed by atoms with Crippen LogP contribution in [0.4, 0.5) is 0 Å². The first-order chi connectivity index (χ1) is 25.2. The van der Waals surface area contributed by atoms with E-state index >= 15 is 0 Å². The Hall–Kier alpha value is -7.05. The highest BCUT2D eigenvalue weighted by Gasteiger charge is 2.19. The predicted octanol–water partition coefficient (Wildman–Crippen LogP) is 12.2. The largest absolute Gasteiger partial charge is 0.456 e. The van der Waals surface area contributed by atoms with Gasteiger partial charge in [-0.3, -0.25) is 0 Å². The van der Waals surface area contributed by atoms with Crippen LogP contribution in [0.3, 0.4) is 0 Å². The predicted molar refractivity (Wildman–Crippen MR) is 203 cm³/mol. The molecule has 0 N–H and O–H groups in total. The number of furan rings is 3. The van der Waals surface area contributed by atoms with Crippen LogP contribution in [-0.2, 0) is 0 Å². The molecule has 11 rings (SSSR count). The number of hydrogen-bond donors (Lipinski definition) is 0. The molecule has 0 bridgehead atoms. The van der Waals surface area contributed by atoms with E-state index in [0.29, 0.717) is 17.5 Å². The molecular formula is C45H25N3O3. The summed E-state index contributed by atoms with van der Waals surface area (Å²) in [6.07, 6.45) is 0. The lowest BCUT2D eigenvalue weighted by atomic mass is 10.00. The van der Waals surface area contributed by atoms with E-state index in [1.54, 1.807) is 0 Å². The fourth-order valence-electron chi connectivity index (χ4n) is 7.37. The number of benzene rings is 7. The maximum Gasteiger partial charge on any atom is 0.164 e. The number of para-hydroxylation sites is 3. The second kappa shape index (κ2) is 10.7. The second-order valence-corrected chi connectivity index (χ2v) is 12.8. The van der Waals surface area contributed by atoms with Gasteiger partial charge in [0.05, 0.1) is 0 Å². The third-order valence-electron chi connectivity index (χ3n) is 9.74. The van der Waals surface area contributed by atoms with Gasteiger partial charge in [-0.05, 0) is 35.9 Å². The normalized spacial score (nSPS) is 11.9. The monoisotopic (exact) mass is 655 g/mol. The van der Waals surface area contributed by atoms with E-state index in [1.165, 1.54) is 0 Å². The van der Waals surface area contributed by atoms with Crippen molar-refractivity contribution in [2.24, 2.45) is 0 Å². The Morgan fingerprint density at radius 1 is 0.314 bits per heavy atom. The van der Waals surface area contributed by atoms with E-state index in [4.69, 9.17) is 28.2 Å². The van der Waals surface area contributed by atoms with Crippen molar-refractivity contribution in [3.63, 3.8) is 0 Å². The zero-order valence-electron chi connectivity index (χ0n) is 27.0. The van der Waals surface area contributed by atoms with Gasteiger partial charge in [-0.25, -0.2) is 15.0 Å². The minimum atomic E-state index is 0.578. The number of nitrogens with zero attached hydrogens (tertiary/aromatic N) is 3. The van der Waals surface area contributed by atoms with Crippen LogP contribution in [0.25, 0.3) is 111 Å². The van der Waals surface area contributed by atoms with Gasteiger partial charge < -0.3 is 13.3 Å². The van der Waals surface area contributed by atoms with Crippen LogP contribution in [0.1, 0.15) is 0 Å². The third kappa shape index (κ3) is 4.33. The topological polar surface area (TPSA) is 78.1 Å². The molecule has 0 aliphatic carbocycles. The molecule has 4 aromatic heterocycles. The molecule has 6 nitrogen and oxygen atoms in total. The van der Waals surface area contributed by atoms with Gasteiger partial charge in [-0.15, -0.1) is 0 Å². The molecule has 11 aromatic rings. The lowest BCUT2D eigenvalue weighted by Crippen LogP contribution is -2.00. The first kappa shape index (κ1) is 27.9. The fourth-order valence-corrected chi connectivity index (χ4v) is 7.37. The van der Waals surface area contributed by atoms with E-state index in [1.807, 2.05) is 97.1 Å². The third-order valence-corrected chi connectivity index (χ3v) is 9.74. The smallest absolute Gasteiger partial charge is 0.164 e. The minimum Gasteiger partial charge on any atom is -0.456 e. The molecule has 0 spiro atoms. The quantitative estimate of drug-likeness (QED) is 0.188. The molecule has 0 saturated heterocycles. The van der Waals surface area contributed by atoms with Crippen LogP contribution in [0.2, 0.25) is 0 Å². The maximum atomic E-state index is 6.60. The number of aromatic nitrogens is 3. The van der Waals surface area contributed by atoms with Gasteiger partial charge in [0.1, 0.15) is 33.5 Å². The Morgan fingerprint density at radius 3 is 1.76 bits per heavy atom. The molecule has 4 heterocycles. The van der Waals surface area contributed by atoms with Gasteiger partial charge in [0.25, 0.3) is 0 Å². The van der Waals surface area contributed by atoms with Crippen molar-refractivity contribution in [2.45, 2.75) is 0 Å². The Kier molecular flexibility index (Phi) is 5.86. The van der Waals surface area contributed by atoms with Crippen LogP contribution in [-0.4, -0.2) is 15.0 Å². The Bertz CT molecular complexity index is 3150. The van der Waals surface area contributed by atoms with Gasteiger partial charge in [-0.1, -0.05) is 115 Å². The average molecular weight is 656 g/mol. The first-order valence-corrected chi connectivity index (χ1v) is 16.8. The van der Waals surface area contributed by atoms with Crippen LogP contribution in [0, 0.1) is 0 Å². The van der Waals surface area contributed by atoms with Crippen LogP contribution >= 0.6 is 0 Å². The highest BCUT2D eigenvalue weighted by Crippen LogP contribution is 2.41. The Balaban J connectivity index is 1.09. The summed E-state index contributed by atoms with van der Waals surface area (Å²) >= 11 is 0. The summed E-state index contributed by atoms with van der Waals surface area (Å²) in [7, 11) is 0. The standard InChI is InChI=1S/C45H25N3O3/c1-2-11-26(12-3-1)43-46-44(48-45(47-43)33-19-10-22-38-41(33)32-16-5-7-21-37(32)49-38)28-14-8-13-27(23-28)29-17-9-18-31-35-24-34-30-15-4-6-20-36(30)50-39(34)25-40(35)51-42(29)31/h1-25H. The van der Waals surface area contributed by atoms with E-state index in [0.717, 1.165) is 93.6 Å². The Labute approximate surface area is 290 Å². The van der Waals surface area contributed by atoms with Crippen molar-refractivity contribution in [1.29, 1.82) is 0 Å². The molecule has 6 heteroatoms. The summed E-state index contributed by atoms with van der Waals surface area (Å²) in [5.74, 6) is 1.76. The molecule has 238 valence electrons. The summed E-state index contributed by atoms with van der Waals surface area (Å²) < 4.78 is 19.0. The first-order valence-electron chi connectivity index (χ1n) is 16.8. The molecule has 0 aliphatic rings. The zero-order chi connectivity index (χ0) is 33.5. The van der Waals surface area contributed by atoms with Gasteiger partial charge in [0, 0.05) is 60.6 Å². The van der Waals surface area contributed by atoms with Crippen molar-refractivity contribution in [3.8, 4) is 45.3 Å². The van der Waals surface area contributed by atoms with Crippen LogP contribution in [0.15, 0.2) is 165 Å². The van der Waals surface area contributed by atoms with E-state index in [9.17, 15) is 0 Å². The molecular weight excluding hydrogens is 631 g/mol. The van der Waals surface area contributed by atoms with E-state index in [-0.39, 0.29) is 0 Å². The number of rotatable bonds is 4. The molecule has 0 aliphatic heterocycles. The van der Waals surface area contributed by atoms with Crippen LogP contribution < -0.4 is 0 Å². The van der Waals surface area contributed by atoms with Crippen molar-refractivity contribution in [2.75, 3.05) is 0 Å². The highest BCUT2D eigenvalue weighted by atomic mass is 16.3. The number of hydrogen-bond acceptors (Lipinski definition) is 6. The maximum absolute atomic E-state index is 6.60. The van der Waals surface area contributed by atoms with Gasteiger partial charge in [-0.2, -0.15) is 0 Å². The molecule has 0 amide bonds. The molecule has 0 fully saturated rings. The number of fused-ring (bicyclic) bond motifs is 9. The molecule has 0 saturated carbocycles. The lowest BCUT2D eigenvalue weighted by molar-refractivity contribution is 0.656. The Morgan fingerprint density at radius 2 is 0.882 bits per heavy atom. The van der Waals surface area contributed by atoms with E-state index < -0.39 is 0 Å². The van der Waals surface area contributed by atoms with Gasteiger partial charge in [0.2, 0.25) is 0 Å². The van der Waals surface area contributed by atoms with Crippen molar-refractivity contribution in [1.82, 2.24) is 15.0 Å². The summed E-state index contributed by atoms with van der Waals surface area (Å²) in [5.41, 5.74) is 9.56. The van der Waals surface area contributed by atoms with Crippen molar-refractivity contribution >= 4 is 65.8 Å². The zero-order valence-corrected chi connectivity index (χ0v) is 27.0. The van der Waals surface area contributed by atoms with Gasteiger partial charge in [0.15, 0.2) is 17.5 Å². The molecule has 0 atom stereocenters. The average Bonchev–Trinajstić information content (AvgIpc) is 3.88. The SMILES string of the molecule is c1ccc(-c2nc(-c3cccc(-c4cccc5c4oc4cc6oc7ccccc7c6cc45)c3)nc(-c3cccc4oc5ccccc5c34)n2)cc1. The van der Waals surface area contributed by atoms with E-state index in [2.05, 4.69) is 54.6 Å². The molecule has 0 radical (unpaired) electrons.